The third-order valence-electron chi connectivity index (χ3n) is 4.83. The number of hydrogen-bond acceptors (Lipinski definition) is 6. The minimum Gasteiger partial charge on any atom is -0.385 e. The molecule has 0 N–H and O–H groups in total. The fraction of sp³-hybridized carbons (Fsp3) is 0.625. The molecule has 0 unspecified atom stereocenters. The van der Waals surface area contributed by atoms with Crippen LogP contribution in [0.4, 0.5) is 0 Å². The lowest BCUT2D eigenvalue weighted by molar-refractivity contribution is 0.112. The Morgan fingerprint density at radius 3 is 3.05 bits per heavy atom. The van der Waals surface area contributed by atoms with Gasteiger partial charge in [-0.3, -0.25) is 0 Å². The third-order valence-corrected chi connectivity index (χ3v) is 6.06. The molecule has 0 atom stereocenters. The van der Waals surface area contributed by atoms with Gasteiger partial charge in [-0.2, -0.15) is 4.98 Å². The smallest absolute Gasteiger partial charge is 0.268 e. The molecule has 0 amide bonds. The monoisotopic (exact) mass is 320 g/mol. The van der Waals surface area contributed by atoms with Gasteiger partial charge in [0.2, 0.25) is 0 Å². The van der Waals surface area contributed by atoms with Crippen LogP contribution < -0.4 is 0 Å². The summed E-state index contributed by atoms with van der Waals surface area (Å²) >= 11 is 1.75. The molecule has 1 fully saturated rings. The van der Waals surface area contributed by atoms with Crippen LogP contribution in [0, 0.1) is 0 Å². The highest BCUT2D eigenvalue weighted by Gasteiger charge is 2.42. The van der Waals surface area contributed by atoms with E-state index in [1.807, 2.05) is 0 Å². The van der Waals surface area contributed by atoms with Gasteiger partial charge in [0, 0.05) is 30.4 Å². The van der Waals surface area contributed by atoms with Crippen LogP contribution in [-0.4, -0.2) is 30.5 Å². The Kier molecular flexibility index (Phi) is 3.76. The summed E-state index contributed by atoms with van der Waals surface area (Å²) in [5.74, 6) is 1.51. The highest BCUT2D eigenvalue weighted by molar-refractivity contribution is 7.15. The molecule has 2 aromatic heterocycles. The van der Waals surface area contributed by atoms with Crippen LogP contribution in [0.3, 0.4) is 0 Å². The lowest BCUT2D eigenvalue weighted by Gasteiger charge is -2.38. The first-order valence-corrected chi connectivity index (χ1v) is 8.65. The Morgan fingerprint density at radius 1 is 1.41 bits per heavy atom. The van der Waals surface area contributed by atoms with E-state index in [9.17, 15) is 0 Å². The number of aromatic nitrogens is 2. The van der Waals surface area contributed by atoms with Crippen molar-refractivity contribution in [1.82, 2.24) is 10.1 Å². The molecule has 1 saturated carbocycles. The van der Waals surface area contributed by atoms with Gasteiger partial charge < -0.3 is 14.0 Å². The van der Waals surface area contributed by atoms with Gasteiger partial charge in [-0.15, -0.1) is 11.3 Å². The summed E-state index contributed by atoms with van der Waals surface area (Å²) in [5.41, 5.74) is 1.33. The van der Waals surface area contributed by atoms with Crippen molar-refractivity contribution in [3.05, 3.63) is 22.3 Å². The van der Waals surface area contributed by atoms with E-state index in [2.05, 4.69) is 11.2 Å². The van der Waals surface area contributed by atoms with Gasteiger partial charge in [0.05, 0.1) is 18.1 Å². The number of thiophene rings is 1. The van der Waals surface area contributed by atoms with E-state index in [0.717, 1.165) is 49.6 Å². The number of ether oxygens (including phenoxy) is 2. The lowest BCUT2D eigenvalue weighted by atomic mass is 9.66. The van der Waals surface area contributed by atoms with E-state index in [4.69, 9.17) is 19.0 Å². The van der Waals surface area contributed by atoms with Crippen LogP contribution in [0.15, 0.2) is 10.6 Å². The van der Waals surface area contributed by atoms with Gasteiger partial charge in [-0.25, -0.2) is 0 Å². The third kappa shape index (κ3) is 2.39. The summed E-state index contributed by atoms with van der Waals surface area (Å²) in [5, 5.41) is 4.28. The van der Waals surface area contributed by atoms with Crippen LogP contribution in [0.25, 0.3) is 10.8 Å². The zero-order valence-electron chi connectivity index (χ0n) is 12.8. The number of hydrogen-bond donors (Lipinski definition) is 0. The molecule has 22 heavy (non-hydrogen) atoms. The Bertz CT molecular complexity index is 637. The summed E-state index contributed by atoms with van der Waals surface area (Å²) in [4.78, 5) is 7.16. The average Bonchev–Trinajstić information content (AvgIpc) is 3.13. The van der Waals surface area contributed by atoms with Crippen LogP contribution in [0.5, 0.6) is 0 Å². The van der Waals surface area contributed by atoms with E-state index < -0.39 is 0 Å². The standard InChI is InChI=1S/C16H20N2O3S/c1-19-8-6-16(4-2-5-16)15-17-14(21-18-15)13-9-11-10-20-7-3-12(11)22-13/h9H,2-8,10H2,1H3. The van der Waals surface area contributed by atoms with Crippen LogP contribution in [0.1, 0.15) is 41.9 Å². The number of methoxy groups -OCH3 is 1. The molecule has 4 rings (SSSR count). The van der Waals surface area contributed by atoms with Crippen LogP contribution in [-0.2, 0) is 27.9 Å². The molecule has 0 spiro atoms. The van der Waals surface area contributed by atoms with Crippen molar-refractivity contribution < 1.29 is 14.0 Å². The summed E-state index contributed by atoms with van der Waals surface area (Å²) in [7, 11) is 1.74. The molecule has 1 aliphatic heterocycles. The number of fused-ring (bicyclic) bond motifs is 1. The maximum Gasteiger partial charge on any atom is 0.268 e. The van der Waals surface area contributed by atoms with Crippen molar-refractivity contribution >= 4 is 11.3 Å². The van der Waals surface area contributed by atoms with E-state index in [1.54, 1.807) is 18.4 Å². The van der Waals surface area contributed by atoms with Gasteiger partial charge in [-0.1, -0.05) is 11.6 Å². The fourth-order valence-corrected chi connectivity index (χ4v) is 4.35. The Balaban J connectivity index is 1.59. The first-order valence-electron chi connectivity index (χ1n) is 7.84. The SMILES string of the molecule is COCCC1(c2noc(-c3cc4c(s3)CCOC4)n2)CCC1. The maximum atomic E-state index is 5.56. The second-order valence-electron chi connectivity index (χ2n) is 6.16. The molecule has 3 heterocycles. The molecular formula is C16H20N2O3S. The quantitative estimate of drug-likeness (QED) is 0.846. The topological polar surface area (TPSA) is 57.4 Å². The molecule has 0 bridgehead atoms. The van der Waals surface area contributed by atoms with Gasteiger partial charge in [-0.05, 0) is 30.9 Å². The first kappa shape index (κ1) is 14.4. The molecule has 118 valence electrons. The van der Waals surface area contributed by atoms with E-state index in [0.29, 0.717) is 12.5 Å². The maximum absolute atomic E-state index is 5.56. The molecular weight excluding hydrogens is 300 g/mol. The van der Waals surface area contributed by atoms with Gasteiger partial charge in [0.1, 0.15) is 0 Å². The largest absolute Gasteiger partial charge is 0.385 e. The summed E-state index contributed by atoms with van der Waals surface area (Å²) < 4.78 is 16.3. The second-order valence-corrected chi connectivity index (χ2v) is 7.30. The number of rotatable bonds is 5. The highest BCUT2D eigenvalue weighted by atomic mass is 32.1. The summed E-state index contributed by atoms with van der Waals surface area (Å²) in [6.45, 7) is 2.25. The van der Waals surface area contributed by atoms with Crippen molar-refractivity contribution in [2.45, 2.75) is 44.1 Å². The molecule has 0 aromatic carbocycles. The minimum atomic E-state index is 0.0672. The van der Waals surface area contributed by atoms with Crippen LogP contribution >= 0.6 is 11.3 Å². The average molecular weight is 320 g/mol. The Hall–Kier alpha value is -1.24. The van der Waals surface area contributed by atoms with Gasteiger partial charge in [0.25, 0.3) is 5.89 Å². The predicted molar refractivity (Wildman–Crippen MR) is 83.0 cm³/mol. The van der Waals surface area contributed by atoms with Crippen molar-refractivity contribution in [3.63, 3.8) is 0 Å². The molecule has 6 heteroatoms. The summed E-state index contributed by atoms with van der Waals surface area (Å²) in [6, 6.07) is 2.14. The zero-order chi connectivity index (χ0) is 15.0. The van der Waals surface area contributed by atoms with Crippen molar-refractivity contribution in [2.24, 2.45) is 0 Å². The van der Waals surface area contributed by atoms with E-state index >= 15 is 0 Å². The van der Waals surface area contributed by atoms with E-state index in [-0.39, 0.29) is 5.41 Å². The number of nitrogens with zero attached hydrogens (tertiary/aromatic N) is 2. The molecule has 5 nitrogen and oxygen atoms in total. The normalized spacial score (nSPS) is 19.7. The molecule has 0 radical (unpaired) electrons. The lowest BCUT2D eigenvalue weighted by Crippen LogP contribution is -2.36. The Labute approximate surface area is 133 Å². The van der Waals surface area contributed by atoms with Gasteiger partial charge >= 0.3 is 0 Å². The van der Waals surface area contributed by atoms with Crippen molar-refractivity contribution in [3.8, 4) is 10.8 Å². The van der Waals surface area contributed by atoms with Crippen LogP contribution in [0.2, 0.25) is 0 Å². The Morgan fingerprint density at radius 2 is 2.32 bits per heavy atom. The molecule has 2 aliphatic rings. The molecule has 1 aliphatic carbocycles. The van der Waals surface area contributed by atoms with Crippen molar-refractivity contribution in [1.29, 1.82) is 0 Å². The predicted octanol–water partition coefficient (Wildman–Crippen LogP) is 3.33. The molecule has 0 saturated heterocycles. The van der Waals surface area contributed by atoms with Gasteiger partial charge in [0.15, 0.2) is 5.82 Å². The van der Waals surface area contributed by atoms with Crippen molar-refractivity contribution in [2.75, 3.05) is 20.3 Å². The highest BCUT2D eigenvalue weighted by Crippen LogP contribution is 2.46. The zero-order valence-corrected chi connectivity index (χ0v) is 13.6. The minimum absolute atomic E-state index is 0.0672. The summed E-state index contributed by atoms with van der Waals surface area (Å²) in [6.07, 6.45) is 5.45. The fourth-order valence-electron chi connectivity index (χ4n) is 3.28. The second kappa shape index (κ2) is 5.76. The van der Waals surface area contributed by atoms with E-state index in [1.165, 1.54) is 16.9 Å². The first-order chi connectivity index (χ1) is 10.8. The molecule has 2 aromatic rings.